The van der Waals surface area contributed by atoms with Gasteiger partial charge in [-0.05, 0) is 43.7 Å². The Labute approximate surface area is 193 Å². The van der Waals surface area contributed by atoms with Gasteiger partial charge in [0, 0.05) is 26.2 Å². The number of hydrogen-bond donors (Lipinski definition) is 2. The Morgan fingerprint density at radius 3 is 1.88 bits per heavy atom. The number of nitrogens with two attached hydrogens (primary N) is 1. The minimum atomic E-state index is -0.262. The Kier molecular flexibility index (Phi) is 17.8. The largest absolute Gasteiger partial charge is 0.469 e. The van der Waals surface area contributed by atoms with Crippen molar-refractivity contribution >= 4 is 17.9 Å². The van der Waals surface area contributed by atoms with E-state index < -0.39 is 0 Å². The molecule has 3 unspecified atom stereocenters. The van der Waals surface area contributed by atoms with Gasteiger partial charge in [0.15, 0.2) is 0 Å². The monoisotopic (exact) mass is 459 g/mol. The van der Waals surface area contributed by atoms with Crippen LogP contribution in [0.3, 0.4) is 0 Å². The first kappa shape index (κ1) is 30.3. The smallest absolute Gasteiger partial charge is 0.306 e. The summed E-state index contributed by atoms with van der Waals surface area (Å²) in [4.78, 5) is 36.6. The summed E-state index contributed by atoms with van der Waals surface area (Å²) in [5, 5.41) is 3.38. The Bertz CT molecular complexity index is 508. The number of carbonyl (C=O) groups excluding carboxylic acids is 3. The van der Waals surface area contributed by atoms with Crippen LogP contribution in [-0.4, -0.2) is 83.4 Å². The topological polar surface area (TPSA) is 120 Å². The lowest BCUT2D eigenvalue weighted by Crippen LogP contribution is -2.35. The zero-order chi connectivity index (χ0) is 24.4. The minimum absolute atomic E-state index is 0.220. The first-order valence-electron chi connectivity index (χ1n) is 11.6. The van der Waals surface area contributed by atoms with Crippen LogP contribution in [-0.2, 0) is 28.6 Å². The van der Waals surface area contributed by atoms with Gasteiger partial charge in [0.25, 0.3) is 0 Å². The van der Waals surface area contributed by atoms with Crippen LogP contribution in [0.25, 0.3) is 0 Å². The molecule has 0 saturated carbocycles. The van der Waals surface area contributed by atoms with Gasteiger partial charge in [-0.25, -0.2) is 0 Å². The van der Waals surface area contributed by atoms with E-state index in [1.165, 1.54) is 21.3 Å². The fourth-order valence-electron chi connectivity index (χ4n) is 3.84. The van der Waals surface area contributed by atoms with Crippen molar-refractivity contribution in [2.24, 2.45) is 23.5 Å². The fourth-order valence-corrected chi connectivity index (χ4v) is 3.84. The highest BCUT2D eigenvalue weighted by Crippen LogP contribution is 2.22. The van der Waals surface area contributed by atoms with Crippen molar-refractivity contribution in [2.45, 2.75) is 52.4 Å². The molecule has 0 heterocycles. The summed E-state index contributed by atoms with van der Waals surface area (Å²) in [7, 11) is 4.15. The van der Waals surface area contributed by atoms with E-state index in [0.717, 1.165) is 32.4 Å². The number of nitrogens with one attached hydrogen (secondary N) is 1. The maximum Gasteiger partial charge on any atom is 0.306 e. The molecule has 0 aliphatic heterocycles. The molecule has 0 aromatic heterocycles. The summed E-state index contributed by atoms with van der Waals surface area (Å²) in [5.74, 6) is 0.489. The molecular weight excluding hydrogens is 414 g/mol. The molecule has 0 fully saturated rings. The van der Waals surface area contributed by atoms with Crippen LogP contribution in [0.15, 0.2) is 0 Å². The molecule has 0 saturated heterocycles. The number of esters is 3. The Morgan fingerprint density at radius 2 is 1.41 bits per heavy atom. The summed E-state index contributed by atoms with van der Waals surface area (Å²) in [6, 6.07) is 0. The maximum atomic E-state index is 11.6. The average Bonchev–Trinajstić information content (AvgIpc) is 2.80. The lowest BCUT2D eigenvalue weighted by atomic mass is 9.86. The van der Waals surface area contributed by atoms with Gasteiger partial charge in [-0.1, -0.05) is 20.3 Å². The lowest BCUT2D eigenvalue weighted by Gasteiger charge is -2.29. The quantitative estimate of drug-likeness (QED) is 0.168. The van der Waals surface area contributed by atoms with E-state index in [0.29, 0.717) is 50.4 Å². The molecule has 0 aromatic carbocycles. The third-order valence-electron chi connectivity index (χ3n) is 5.77. The molecule has 0 bridgehead atoms. The van der Waals surface area contributed by atoms with Crippen LogP contribution in [0.2, 0.25) is 0 Å². The molecule has 0 spiro atoms. The number of methoxy groups -OCH3 is 3. The standard InChI is InChI=1S/C23H45N3O6/c1-6-19(15-24)14-20(16-25-10-7-21(27)30-3)13-18(2)17-26(11-8-22(28)31-4)12-9-23(29)32-5/h18-20,25H,6-17,24H2,1-5H3. The minimum Gasteiger partial charge on any atom is -0.469 e. The third kappa shape index (κ3) is 15.2. The number of hydrogen-bond acceptors (Lipinski definition) is 9. The molecule has 0 aromatic rings. The van der Waals surface area contributed by atoms with Crippen molar-refractivity contribution in [3.05, 3.63) is 0 Å². The van der Waals surface area contributed by atoms with E-state index in [4.69, 9.17) is 19.9 Å². The number of rotatable bonds is 19. The molecule has 0 aliphatic carbocycles. The van der Waals surface area contributed by atoms with E-state index >= 15 is 0 Å². The lowest BCUT2D eigenvalue weighted by molar-refractivity contribution is -0.142. The van der Waals surface area contributed by atoms with E-state index in [9.17, 15) is 14.4 Å². The normalized spacial score (nSPS) is 14.0. The highest BCUT2D eigenvalue weighted by molar-refractivity contribution is 5.70. The Morgan fingerprint density at radius 1 is 0.875 bits per heavy atom. The van der Waals surface area contributed by atoms with Crippen LogP contribution < -0.4 is 11.1 Å². The first-order valence-corrected chi connectivity index (χ1v) is 11.6. The summed E-state index contributed by atoms with van der Waals surface area (Å²) in [6.07, 6.45) is 3.96. The second kappa shape index (κ2) is 18.8. The van der Waals surface area contributed by atoms with Crippen LogP contribution in [0.5, 0.6) is 0 Å². The highest BCUT2D eigenvalue weighted by atomic mass is 16.5. The van der Waals surface area contributed by atoms with Crippen molar-refractivity contribution in [2.75, 3.05) is 60.6 Å². The van der Waals surface area contributed by atoms with Crippen LogP contribution >= 0.6 is 0 Å². The van der Waals surface area contributed by atoms with Gasteiger partial charge in [0.05, 0.1) is 40.6 Å². The van der Waals surface area contributed by atoms with Crippen molar-refractivity contribution < 1.29 is 28.6 Å². The molecule has 3 N–H and O–H groups in total. The van der Waals surface area contributed by atoms with Crippen molar-refractivity contribution in [3.63, 3.8) is 0 Å². The average molecular weight is 460 g/mol. The zero-order valence-electron chi connectivity index (χ0n) is 20.7. The van der Waals surface area contributed by atoms with E-state index in [1.54, 1.807) is 0 Å². The summed E-state index contributed by atoms with van der Waals surface area (Å²) >= 11 is 0. The van der Waals surface area contributed by atoms with Gasteiger partial charge in [-0.3, -0.25) is 14.4 Å². The van der Waals surface area contributed by atoms with Gasteiger partial charge in [-0.2, -0.15) is 0 Å². The summed E-state index contributed by atoms with van der Waals surface area (Å²) in [5.41, 5.74) is 5.94. The zero-order valence-corrected chi connectivity index (χ0v) is 20.7. The second-order valence-electron chi connectivity index (χ2n) is 8.44. The molecule has 0 radical (unpaired) electrons. The van der Waals surface area contributed by atoms with E-state index in [-0.39, 0.29) is 30.7 Å². The van der Waals surface area contributed by atoms with Crippen molar-refractivity contribution in [1.29, 1.82) is 0 Å². The molecule has 9 heteroatoms. The summed E-state index contributed by atoms with van der Waals surface area (Å²) in [6.45, 7) is 8.24. The second-order valence-corrected chi connectivity index (χ2v) is 8.44. The van der Waals surface area contributed by atoms with Gasteiger partial charge >= 0.3 is 17.9 Å². The highest BCUT2D eigenvalue weighted by Gasteiger charge is 2.20. The van der Waals surface area contributed by atoms with Crippen LogP contribution in [0.1, 0.15) is 52.4 Å². The first-order chi connectivity index (χ1) is 15.3. The van der Waals surface area contributed by atoms with E-state index in [1.807, 2.05) is 0 Å². The fraction of sp³-hybridized carbons (Fsp3) is 0.870. The number of ether oxygens (including phenoxy) is 3. The van der Waals surface area contributed by atoms with Gasteiger partial charge in [0.2, 0.25) is 0 Å². The Hall–Kier alpha value is -1.71. The third-order valence-corrected chi connectivity index (χ3v) is 5.77. The van der Waals surface area contributed by atoms with Crippen LogP contribution in [0, 0.1) is 17.8 Å². The van der Waals surface area contributed by atoms with Gasteiger partial charge < -0.3 is 30.2 Å². The maximum absolute atomic E-state index is 11.6. The summed E-state index contributed by atoms with van der Waals surface area (Å²) < 4.78 is 14.2. The number of nitrogens with zero attached hydrogens (tertiary/aromatic N) is 1. The molecular formula is C23H45N3O6. The van der Waals surface area contributed by atoms with E-state index in [2.05, 4.69) is 24.1 Å². The van der Waals surface area contributed by atoms with Gasteiger partial charge in [0.1, 0.15) is 0 Å². The van der Waals surface area contributed by atoms with Crippen LogP contribution in [0.4, 0.5) is 0 Å². The molecule has 0 aliphatic rings. The molecule has 188 valence electrons. The molecule has 32 heavy (non-hydrogen) atoms. The Balaban J connectivity index is 4.89. The molecule has 0 rings (SSSR count). The molecule has 3 atom stereocenters. The molecule has 0 amide bonds. The predicted molar refractivity (Wildman–Crippen MR) is 124 cm³/mol. The van der Waals surface area contributed by atoms with Crippen molar-refractivity contribution in [3.8, 4) is 0 Å². The van der Waals surface area contributed by atoms with Crippen molar-refractivity contribution in [1.82, 2.24) is 10.2 Å². The molecule has 9 nitrogen and oxygen atoms in total. The van der Waals surface area contributed by atoms with Gasteiger partial charge in [-0.15, -0.1) is 0 Å². The SMILES string of the molecule is CCC(CN)CC(CNCCC(=O)OC)CC(C)CN(CCC(=O)OC)CCC(=O)OC. The number of carbonyl (C=O) groups is 3. The predicted octanol–water partition coefficient (Wildman–Crippen LogP) is 1.58.